The molecule has 1 amide bonds. The van der Waals surface area contributed by atoms with Gasteiger partial charge in [0.1, 0.15) is 23.4 Å². The molecule has 0 bridgehead atoms. The molecule has 1 unspecified atom stereocenters. The minimum Gasteiger partial charge on any atom is -0.496 e. The van der Waals surface area contributed by atoms with E-state index in [1.165, 1.54) is 0 Å². The van der Waals surface area contributed by atoms with Crippen molar-refractivity contribution in [3.63, 3.8) is 0 Å². The van der Waals surface area contributed by atoms with Gasteiger partial charge >= 0.3 is 18.3 Å². The van der Waals surface area contributed by atoms with E-state index in [2.05, 4.69) is 10.2 Å². The first-order chi connectivity index (χ1) is 23.6. The van der Waals surface area contributed by atoms with Crippen molar-refractivity contribution in [3.8, 4) is 16.9 Å². The summed E-state index contributed by atoms with van der Waals surface area (Å²) in [6, 6.07) is 14.5. The maximum absolute atomic E-state index is 14.4. The topological polar surface area (TPSA) is 82.1 Å². The van der Waals surface area contributed by atoms with Gasteiger partial charge in [-0.3, -0.25) is 9.69 Å². The Morgan fingerprint density at radius 2 is 1.60 bits per heavy atom. The summed E-state index contributed by atoms with van der Waals surface area (Å²) in [6.45, 7) is -0.850. The van der Waals surface area contributed by atoms with E-state index in [4.69, 9.17) is 4.74 Å². The van der Waals surface area contributed by atoms with Crippen LogP contribution in [0.25, 0.3) is 21.9 Å². The number of halogens is 7. The molecule has 272 valence electrons. The van der Waals surface area contributed by atoms with Crippen LogP contribution in [0, 0.1) is 5.41 Å². The number of methoxy groups -OCH3 is 1. The zero-order chi connectivity index (χ0) is 36.3. The number of carbonyl (C=O) groups excluding carboxylic acids is 1. The number of aliphatic carboxylic acids is 1. The molecule has 5 rings (SSSR count). The largest absolute Gasteiger partial charge is 0.496 e. The average molecular weight is 712 g/mol. The van der Waals surface area contributed by atoms with Crippen LogP contribution in [0.4, 0.5) is 30.7 Å². The number of alkyl halides is 7. The number of nitrogens with zero attached hydrogens (tertiary/aromatic N) is 2. The van der Waals surface area contributed by atoms with Crippen LogP contribution < -0.4 is 10.1 Å². The number of amides is 1. The van der Waals surface area contributed by atoms with Crippen LogP contribution in [0.2, 0.25) is 0 Å². The van der Waals surface area contributed by atoms with E-state index in [0.29, 0.717) is 42.6 Å². The lowest BCUT2D eigenvalue weighted by Crippen LogP contribution is -2.59. The number of ether oxygens (including phenoxy) is 1. The molecule has 2 saturated heterocycles. The van der Waals surface area contributed by atoms with Crippen molar-refractivity contribution in [2.45, 2.75) is 63.1 Å². The Labute approximate surface area is 285 Å². The van der Waals surface area contributed by atoms with Crippen molar-refractivity contribution < 1.29 is 50.2 Å². The summed E-state index contributed by atoms with van der Waals surface area (Å²) in [5.74, 6) is -2.54. The van der Waals surface area contributed by atoms with E-state index >= 15 is 0 Å². The average Bonchev–Trinajstić information content (AvgIpc) is 3.05. The Kier molecular flexibility index (Phi) is 11.3. The number of hydrogen-bond donors (Lipinski definition) is 2. The molecule has 3 aromatic carbocycles. The third-order valence-corrected chi connectivity index (χ3v) is 9.88. The number of benzene rings is 3. The number of carboxylic acid groups (broad SMARTS) is 1. The van der Waals surface area contributed by atoms with Crippen LogP contribution in [0.3, 0.4) is 0 Å². The predicted octanol–water partition coefficient (Wildman–Crippen LogP) is 6.81. The fourth-order valence-electron chi connectivity index (χ4n) is 7.21. The van der Waals surface area contributed by atoms with Crippen LogP contribution in [-0.4, -0.2) is 97.7 Å². The molecule has 0 spiro atoms. The Hall–Kier alpha value is -3.91. The minimum atomic E-state index is -5.12. The van der Waals surface area contributed by atoms with Gasteiger partial charge in [-0.1, -0.05) is 48.5 Å². The molecule has 0 aliphatic carbocycles. The highest BCUT2D eigenvalue weighted by Gasteiger charge is 2.61. The first kappa shape index (κ1) is 37.3. The molecule has 2 fully saturated rings. The zero-order valence-electron chi connectivity index (χ0n) is 27.5. The molecule has 0 saturated carbocycles. The molecule has 2 N–H and O–H groups in total. The van der Waals surface area contributed by atoms with Crippen LogP contribution in [0.1, 0.15) is 36.8 Å². The summed E-state index contributed by atoms with van der Waals surface area (Å²) in [5.41, 5.74) is -0.0432. The van der Waals surface area contributed by atoms with Gasteiger partial charge in [-0.05, 0) is 85.3 Å². The Morgan fingerprint density at radius 1 is 0.940 bits per heavy atom. The van der Waals surface area contributed by atoms with Crippen LogP contribution in [0.5, 0.6) is 5.75 Å². The molecule has 0 radical (unpaired) electrons. The molecule has 3 aromatic rings. The van der Waals surface area contributed by atoms with Crippen LogP contribution >= 0.6 is 0 Å². The molecule has 2 atom stereocenters. The standard InChI is InChI=1S/C36H40F7N3O4/c1-50-30-12-3-6-23(13-17-45-16-5-8-25(37)21-45)31(30)28-11-4-9-26-24(7-2-10-27(26)28)20-29(32(47)48)44-33(49)34(36(41,42)43)14-18-46(19-15-34)22-35(38,39)40/h2-4,6-7,9-12,25,29H,5,8,13-22H2,1H3,(H,44,49)(H,47,48)/t25?,29-/m0/s1. The molecular formula is C36H40F7N3O4. The quantitative estimate of drug-likeness (QED) is 0.213. The number of carboxylic acids is 1. The Balaban J connectivity index is 1.42. The minimum absolute atomic E-state index is 0.353. The monoisotopic (exact) mass is 711 g/mol. The lowest BCUT2D eigenvalue weighted by Gasteiger charge is -2.42. The number of rotatable bonds is 11. The smallest absolute Gasteiger partial charge is 0.403 e. The molecule has 2 heterocycles. The first-order valence-electron chi connectivity index (χ1n) is 16.5. The SMILES string of the molecule is COc1cccc(CCN2CCCC(F)C2)c1-c1cccc2c(C[C@H](NC(=O)C3(C(F)(F)F)CCN(CC(F)(F)F)CC3)C(=O)O)cccc12. The van der Waals surface area contributed by atoms with Gasteiger partial charge < -0.3 is 20.1 Å². The first-order valence-corrected chi connectivity index (χ1v) is 16.5. The second-order valence-corrected chi connectivity index (χ2v) is 13.1. The van der Waals surface area contributed by atoms with Gasteiger partial charge in [0.25, 0.3) is 0 Å². The van der Waals surface area contributed by atoms with Crippen molar-refractivity contribution in [2.75, 3.05) is 46.4 Å². The fraction of sp³-hybridized carbons (Fsp3) is 0.500. The molecule has 2 aliphatic rings. The van der Waals surface area contributed by atoms with Crippen LogP contribution in [-0.2, 0) is 22.4 Å². The summed E-state index contributed by atoms with van der Waals surface area (Å²) in [6.07, 6.45) is -10.9. The van der Waals surface area contributed by atoms with Crippen molar-refractivity contribution >= 4 is 22.6 Å². The van der Waals surface area contributed by atoms with E-state index in [9.17, 15) is 45.4 Å². The maximum atomic E-state index is 14.4. The van der Waals surface area contributed by atoms with Crippen LogP contribution in [0.15, 0.2) is 54.6 Å². The fourth-order valence-corrected chi connectivity index (χ4v) is 7.21. The number of nitrogens with one attached hydrogen (secondary N) is 1. The van der Waals surface area contributed by atoms with E-state index in [1.54, 1.807) is 31.4 Å². The lowest BCUT2D eigenvalue weighted by molar-refractivity contribution is -0.236. The van der Waals surface area contributed by atoms with Crippen molar-refractivity contribution in [1.29, 1.82) is 0 Å². The molecule has 14 heteroatoms. The second-order valence-electron chi connectivity index (χ2n) is 13.1. The van der Waals surface area contributed by atoms with Crippen molar-refractivity contribution in [2.24, 2.45) is 5.41 Å². The van der Waals surface area contributed by atoms with E-state index in [1.807, 2.05) is 30.3 Å². The van der Waals surface area contributed by atoms with Gasteiger partial charge in [-0.2, -0.15) is 26.3 Å². The number of likely N-dealkylation sites (tertiary alicyclic amines) is 2. The van der Waals surface area contributed by atoms with Gasteiger partial charge in [0, 0.05) is 25.1 Å². The number of carbonyl (C=O) groups is 2. The summed E-state index contributed by atoms with van der Waals surface area (Å²) in [5, 5.41) is 13.5. The highest BCUT2D eigenvalue weighted by atomic mass is 19.4. The molecule has 7 nitrogen and oxygen atoms in total. The maximum Gasteiger partial charge on any atom is 0.403 e. The number of hydrogen-bond acceptors (Lipinski definition) is 5. The number of piperidine rings is 2. The van der Waals surface area contributed by atoms with E-state index in [0.717, 1.165) is 39.9 Å². The molecule has 2 aliphatic heterocycles. The zero-order valence-corrected chi connectivity index (χ0v) is 27.5. The normalized spacial score (nSPS) is 19.6. The summed E-state index contributed by atoms with van der Waals surface area (Å²) in [4.78, 5) is 28.6. The predicted molar refractivity (Wildman–Crippen MR) is 174 cm³/mol. The van der Waals surface area contributed by atoms with Crippen molar-refractivity contribution in [1.82, 2.24) is 15.1 Å². The van der Waals surface area contributed by atoms with Gasteiger partial charge in [-0.25, -0.2) is 9.18 Å². The highest BCUT2D eigenvalue weighted by molar-refractivity contribution is 6.00. The molecular weight excluding hydrogens is 671 g/mol. The Morgan fingerprint density at radius 3 is 2.24 bits per heavy atom. The highest BCUT2D eigenvalue weighted by Crippen LogP contribution is 2.47. The third kappa shape index (κ3) is 8.34. The van der Waals surface area contributed by atoms with E-state index in [-0.39, 0.29) is 6.42 Å². The van der Waals surface area contributed by atoms with Gasteiger partial charge in [0.15, 0.2) is 0 Å². The second kappa shape index (κ2) is 15.1. The van der Waals surface area contributed by atoms with Crippen molar-refractivity contribution in [3.05, 3.63) is 65.7 Å². The third-order valence-electron chi connectivity index (χ3n) is 9.88. The number of fused-ring (bicyclic) bond motifs is 1. The van der Waals surface area contributed by atoms with Gasteiger partial charge in [0.2, 0.25) is 5.91 Å². The van der Waals surface area contributed by atoms with E-state index < -0.39 is 74.3 Å². The Bertz CT molecular complexity index is 1670. The molecule has 50 heavy (non-hydrogen) atoms. The molecule has 0 aromatic heterocycles. The summed E-state index contributed by atoms with van der Waals surface area (Å²) >= 11 is 0. The van der Waals surface area contributed by atoms with Gasteiger partial charge in [-0.15, -0.1) is 0 Å². The summed E-state index contributed by atoms with van der Waals surface area (Å²) in [7, 11) is 1.55. The van der Waals surface area contributed by atoms with Gasteiger partial charge in [0.05, 0.1) is 13.7 Å². The summed E-state index contributed by atoms with van der Waals surface area (Å²) < 4.78 is 102. The lowest BCUT2D eigenvalue weighted by atomic mass is 9.76.